The number of likely N-dealkylation sites (tertiary alicyclic amines) is 1. The smallest absolute Gasteiger partial charge is 0.352 e. The van der Waals surface area contributed by atoms with E-state index in [-0.39, 0.29) is 12.3 Å². The predicted molar refractivity (Wildman–Crippen MR) is 97.0 cm³/mol. The number of nitrogens with one attached hydrogen (secondary N) is 1. The zero-order valence-electron chi connectivity index (χ0n) is 14.8. The van der Waals surface area contributed by atoms with Crippen LogP contribution in [0.15, 0.2) is 24.3 Å². The van der Waals surface area contributed by atoms with E-state index in [0.717, 1.165) is 37.9 Å². The average molecular weight is 391 g/mol. The van der Waals surface area contributed by atoms with Gasteiger partial charge in [0.05, 0.1) is 0 Å². The Bertz CT molecular complexity index is 580. The first-order valence-corrected chi connectivity index (χ1v) is 9.50. The molecule has 1 fully saturated rings. The van der Waals surface area contributed by atoms with Gasteiger partial charge in [0.15, 0.2) is 0 Å². The van der Waals surface area contributed by atoms with Gasteiger partial charge in [-0.1, -0.05) is 29.8 Å². The third kappa shape index (κ3) is 7.96. The summed E-state index contributed by atoms with van der Waals surface area (Å²) >= 11 is 6.07. The molecule has 2 rings (SSSR count). The van der Waals surface area contributed by atoms with E-state index in [0.29, 0.717) is 30.5 Å². The van der Waals surface area contributed by atoms with Crippen molar-refractivity contribution in [2.75, 3.05) is 19.6 Å². The molecule has 1 saturated heterocycles. The Morgan fingerprint density at radius 2 is 2.08 bits per heavy atom. The minimum atomic E-state index is -4.07. The van der Waals surface area contributed by atoms with Crippen molar-refractivity contribution in [1.29, 1.82) is 0 Å². The van der Waals surface area contributed by atoms with E-state index in [2.05, 4.69) is 10.2 Å². The van der Waals surface area contributed by atoms with E-state index < -0.39 is 12.6 Å². The van der Waals surface area contributed by atoms with E-state index in [1.165, 1.54) is 0 Å². The van der Waals surface area contributed by atoms with Crippen LogP contribution in [0, 0.1) is 5.92 Å². The molecule has 0 aromatic heterocycles. The Hall–Kier alpha value is -1.27. The Balaban J connectivity index is 1.65. The van der Waals surface area contributed by atoms with Crippen molar-refractivity contribution in [2.24, 2.45) is 5.92 Å². The largest absolute Gasteiger partial charge is 0.389 e. The van der Waals surface area contributed by atoms with E-state index in [4.69, 9.17) is 11.6 Å². The molecular formula is C19H26ClF3N2O. The van der Waals surface area contributed by atoms with Crippen molar-refractivity contribution in [3.63, 3.8) is 0 Å². The molecule has 0 aliphatic carbocycles. The lowest BCUT2D eigenvalue weighted by atomic mass is 9.93. The molecule has 1 aliphatic rings. The van der Waals surface area contributed by atoms with Crippen molar-refractivity contribution in [2.45, 2.75) is 51.2 Å². The van der Waals surface area contributed by atoms with Gasteiger partial charge in [0, 0.05) is 31.0 Å². The van der Waals surface area contributed by atoms with Gasteiger partial charge in [0.1, 0.15) is 0 Å². The molecule has 0 radical (unpaired) electrons. The van der Waals surface area contributed by atoms with Crippen LogP contribution in [0.2, 0.25) is 5.02 Å². The summed E-state index contributed by atoms with van der Waals surface area (Å²) in [6.45, 7) is 2.53. The number of carbonyl (C=O) groups excluding carboxylic acids is 1. The fourth-order valence-electron chi connectivity index (χ4n) is 3.35. The van der Waals surface area contributed by atoms with Gasteiger partial charge in [-0.15, -0.1) is 0 Å². The topological polar surface area (TPSA) is 32.3 Å². The summed E-state index contributed by atoms with van der Waals surface area (Å²) in [6.07, 6.45) is -1.43. The van der Waals surface area contributed by atoms with Gasteiger partial charge in [0.25, 0.3) is 0 Å². The van der Waals surface area contributed by atoms with Gasteiger partial charge >= 0.3 is 6.18 Å². The molecule has 3 nitrogen and oxygen atoms in total. The van der Waals surface area contributed by atoms with E-state index >= 15 is 0 Å². The van der Waals surface area contributed by atoms with Crippen molar-refractivity contribution in [3.8, 4) is 0 Å². The van der Waals surface area contributed by atoms with Crippen molar-refractivity contribution in [1.82, 2.24) is 10.2 Å². The average Bonchev–Trinajstić information content (AvgIpc) is 2.58. The minimum absolute atomic E-state index is 0.0147. The lowest BCUT2D eigenvalue weighted by molar-refractivity contribution is -0.136. The fraction of sp³-hybridized carbons (Fsp3) is 0.632. The van der Waals surface area contributed by atoms with Gasteiger partial charge < -0.3 is 10.2 Å². The second-order valence-electron chi connectivity index (χ2n) is 6.93. The molecule has 26 heavy (non-hydrogen) atoms. The second kappa shape index (κ2) is 10.2. The summed E-state index contributed by atoms with van der Waals surface area (Å²) < 4.78 is 36.7. The van der Waals surface area contributed by atoms with Gasteiger partial charge in [-0.25, -0.2) is 0 Å². The number of alkyl halides is 3. The molecule has 1 aromatic carbocycles. The Kier molecular flexibility index (Phi) is 8.22. The molecule has 0 spiro atoms. The molecule has 1 unspecified atom stereocenters. The first kappa shape index (κ1) is 21.0. The number of hydrogen-bond donors (Lipinski definition) is 1. The highest BCUT2D eigenvalue weighted by atomic mass is 35.5. The maximum atomic E-state index is 12.2. The maximum absolute atomic E-state index is 12.2. The molecule has 1 amide bonds. The highest BCUT2D eigenvalue weighted by molar-refractivity contribution is 6.31. The molecule has 0 bridgehead atoms. The molecule has 1 aliphatic heterocycles. The van der Waals surface area contributed by atoms with Crippen LogP contribution in [0.4, 0.5) is 13.2 Å². The standard InChI is InChI=1S/C19H26ClF3N2O/c20-17-7-2-1-6-16(17)13-24-18(26)9-8-15-5-3-11-25(14-15)12-4-10-19(21,22)23/h1-2,6-7,15H,3-5,8-14H2,(H,24,26). The highest BCUT2D eigenvalue weighted by Crippen LogP contribution is 2.24. The third-order valence-corrected chi connectivity index (χ3v) is 5.12. The molecule has 1 aromatic rings. The Labute approximate surface area is 157 Å². The third-order valence-electron chi connectivity index (χ3n) is 4.75. The lowest BCUT2D eigenvalue weighted by Gasteiger charge is -2.32. The molecule has 1 heterocycles. The molecule has 146 valence electrons. The van der Waals surface area contributed by atoms with Crippen LogP contribution < -0.4 is 5.32 Å². The number of benzene rings is 1. The minimum Gasteiger partial charge on any atom is -0.352 e. The van der Waals surface area contributed by atoms with Gasteiger partial charge in [-0.3, -0.25) is 4.79 Å². The number of amides is 1. The van der Waals surface area contributed by atoms with Gasteiger partial charge in [-0.05, 0) is 56.3 Å². The first-order valence-electron chi connectivity index (χ1n) is 9.13. The van der Waals surface area contributed by atoms with E-state index in [1.807, 2.05) is 18.2 Å². The summed E-state index contributed by atoms with van der Waals surface area (Å²) in [5.41, 5.74) is 0.885. The number of carbonyl (C=O) groups is 1. The van der Waals surface area contributed by atoms with Crippen molar-refractivity contribution in [3.05, 3.63) is 34.9 Å². The summed E-state index contributed by atoms with van der Waals surface area (Å²) in [7, 11) is 0. The number of halogens is 4. The molecule has 1 N–H and O–H groups in total. The van der Waals surface area contributed by atoms with Crippen LogP contribution in [-0.4, -0.2) is 36.6 Å². The normalized spacial score (nSPS) is 18.7. The molecule has 1 atom stereocenters. The van der Waals surface area contributed by atoms with Crippen molar-refractivity contribution < 1.29 is 18.0 Å². The van der Waals surface area contributed by atoms with E-state index in [1.54, 1.807) is 6.07 Å². The zero-order chi connectivity index (χ0) is 19.0. The number of rotatable bonds is 8. The maximum Gasteiger partial charge on any atom is 0.389 e. The monoisotopic (exact) mass is 390 g/mol. The predicted octanol–water partition coefficient (Wildman–Crippen LogP) is 4.79. The van der Waals surface area contributed by atoms with E-state index in [9.17, 15) is 18.0 Å². The summed E-state index contributed by atoms with van der Waals surface area (Å²) in [4.78, 5) is 14.1. The Morgan fingerprint density at radius 1 is 1.31 bits per heavy atom. The number of hydrogen-bond acceptors (Lipinski definition) is 2. The quantitative estimate of drug-likeness (QED) is 0.692. The van der Waals surface area contributed by atoms with Crippen LogP contribution >= 0.6 is 11.6 Å². The number of nitrogens with zero attached hydrogens (tertiary/aromatic N) is 1. The SMILES string of the molecule is O=C(CCC1CCCN(CCCC(F)(F)F)C1)NCc1ccccc1Cl. The molecule has 0 saturated carbocycles. The summed E-state index contributed by atoms with van der Waals surface area (Å²) in [5.74, 6) is 0.361. The van der Waals surface area contributed by atoms with Crippen LogP contribution in [0.25, 0.3) is 0 Å². The van der Waals surface area contributed by atoms with Crippen LogP contribution in [0.5, 0.6) is 0 Å². The van der Waals surface area contributed by atoms with Gasteiger partial charge in [-0.2, -0.15) is 13.2 Å². The highest BCUT2D eigenvalue weighted by Gasteiger charge is 2.27. The summed E-state index contributed by atoms with van der Waals surface area (Å²) in [6, 6.07) is 7.39. The van der Waals surface area contributed by atoms with Crippen LogP contribution in [0.1, 0.15) is 44.1 Å². The van der Waals surface area contributed by atoms with Crippen LogP contribution in [0.3, 0.4) is 0 Å². The second-order valence-corrected chi connectivity index (χ2v) is 7.34. The van der Waals surface area contributed by atoms with Gasteiger partial charge in [0.2, 0.25) is 5.91 Å². The number of piperidine rings is 1. The van der Waals surface area contributed by atoms with Crippen LogP contribution in [-0.2, 0) is 11.3 Å². The Morgan fingerprint density at radius 3 is 2.81 bits per heavy atom. The summed E-state index contributed by atoms with van der Waals surface area (Å²) in [5, 5.41) is 3.51. The molecule has 7 heteroatoms. The fourth-order valence-corrected chi connectivity index (χ4v) is 3.55. The zero-order valence-corrected chi connectivity index (χ0v) is 15.6. The first-order chi connectivity index (χ1) is 12.3. The molecular weight excluding hydrogens is 365 g/mol. The van der Waals surface area contributed by atoms with Crippen molar-refractivity contribution >= 4 is 17.5 Å². The lowest BCUT2D eigenvalue weighted by Crippen LogP contribution is -2.37.